The van der Waals surface area contributed by atoms with Gasteiger partial charge in [0.05, 0.1) is 5.69 Å². The number of benzene rings is 3. The molecule has 0 aliphatic heterocycles. The van der Waals surface area contributed by atoms with E-state index < -0.39 is 0 Å². The van der Waals surface area contributed by atoms with Crippen LogP contribution in [0.5, 0.6) is 0 Å². The second-order valence-corrected chi connectivity index (χ2v) is 8.20. The van der Waals surface area contributed by atoms with Gasteiger partial charge in [-0.05, 0) is 40.8 Å². The van der Waals surface area contributed by atoms with Gasteiger partial charge in [-0.1, -0.05) is 60.7 Å². The lowest BCUT2D eigenvalue weighted by molar-refractivity contribution is 1.15. The van der Waals surface area contributed by atoms with Crippen LogP contribution in [-0.4, -0.2) is 9.97 Å². The molecule has 0 aliphatic rings. The maximum Gasteiger partial charge on any atom is 0.162 e. The summed E-state index contributed by atoms with van der Waals surface area (Å²) in [4.78, 5) is 9.62. The summed E-state index contributed by atoms with van der Waals surface area (Å²) >= 11 is 4.08. The van der Waals surface area contributed by atoms with E-state index in [-0.39, 0.29) is 0 Å². The van der Waals surface area contributed by atoms with Crippen molar-refractivity contribution in [2.75, 3.05) is 0 Å². The topological polar surface area (TPSA) is 25.8 Å². The molecule has 0 fully saturated rings. The molecule has 26 heavy (non-hydrogen) atoms. The van der Waals surface area contributed by atoms with Crippen LogP contribution in [0, 0.1) is 3.70 Å². The molecule has 2 aromatic heterocycles. The zero-order chi connectivity index (χ0) is 17.5. The van der Waals surface area contributed by atoms with Gasteiger partial charge in [0, 0.05) is 31.3 Å². The number of hydrogen-bond acceptors (Lipinski definition) is 3. The molecule has 4 heteroatoms. The number of hydrogen-bond donors (Lipinski definition) is 0. The average Bonchev–Trinajstić information content (AvgIpc) is 3.07. The molecular weight excluding hydrogens is 451 g/mol. The van der Waals surface area contributed by atoms with Crippen LogP contribution in [0.25, 0.3) is 42.8 Å². The van der Waals surface area contributed by atoms with Gasteiger partial charge in [-0.2, -0.15) is 0 Å². The molecule has 5 aromatic rings. The van der Waals surface area contributed by atoms with Crippen molar-refractivity contribution in [1.29, 1.82) is 0 Å². The highest BCUT2D eigenvalue weighted by molar-refractivity contribution is 14.1. The van der Waals surface area contributed by atoms with E-state index in [0.717, 1.165) is 26.3 Å². The summed E-state index contributed by atoms with van der Waals surface area (Å²) < 4.78 is 3.49. The Bertz CT molecular complexity index is 1250. The van der Waals surface area contributed by atoms with Gasteiger partial charge in [-0.25, -0.2) is 9.97 Å². The fourth-order valence-corrected chi connectivity index (χ4v) is 4.95. The number of rotatable bonds is 2. The Morgan fingerprint density at radius 3 is 2.38 bits per heavy atom. The summed E-state index contributed by atoms with van der Waals surface area (Å²) in [6.45, 7) is 0. The van der Waals surface area contributed by atoms with Crippen LogP contribution in [0.1, 0.15) is 0 Å². The van der Waals surface area contributed by atoms with Crippen LogP contribution in [0.3, 0.4) is 0 Å². The first-order valence-electron chi connectivity index (χ1n) is 8.30. The van der Waals surface area contributed by atoms with Crippen LogP contribution < -0.4 is 0 Å². The molecule has 3 aromatic carbocycles. The van der Waals surface area contributed by atoms with Crippen molar-refractivity contribution in [3.05, 3.63) is 82.6 Å². The lowest BCUT2D eigenvalue weighted by Crippen LogP contribution is -1.95. The van der Waals surface area contributed by atoms with Crippen molar-refractivity contribution >= 4 is 54.1 Å². The van der Waals surface area contributed by atoms with Crippen molar-refractivity contribution < 1.29 is 0 Å². The smallest absolute Gasteiger partial charge is 0.162 e. The van der Waals surface area contributed by atoms with E-state index in [9.17, 15) is 0 Å². The molecule has 0 spiro atoms. The predicted octanol–water partition coefficient (Wildman–Crippen LogP) is 6.78. The maximum absolute atomic E-state index is 4.89. The first-order chi connectivity index (χ1) is 12.8. The number of fused-ring (bicyclic) bond motifs is 3. The minimum Gasteiger partial charge on any atom is -0.228 e. The molecule has 0 aliphatic carbocycles. The van der Waals surface area contributed by atoms with Crippen molar-refractivity contribution in [3.8, 4) is 22.6 Å². The Kier molecular flexibility index (Phi) is 3.94. The second kappa shape index (κ2) is 6.45. The van der Waals surface area contributed by atoms with Gasteiger partial charge in [-0.3, -0.25) is 0 Å². The van der Waals surface area contributed by atoms with Gasteiger partial charge in [0.1, 0.15) is 3.70 Å². The molecule has 0 saturated carbocycles. The third-order valence-electron chi connectivity index (χ3n) is 4.41. The zero-order valence-corrected chi connectivity index (χ0v) is 16.7. The van der Waals surface area contributed by atoms with Crippen LogP contribution in [0.2, 0.25) is 0 Å². The monoisotopic (exact) mass is 464 g/mol. The summed E-state index contributed by atoms with van der Waals surface area (Å²) in [6.07, 6.45) is 0. The standard InChI is InChI=1S/C22H13IN2S/c23-20-13-18(14-7-2-1-3-8-14)24-22(25-20)17-11-6-10-16-15-9-4-5-12-19(15)26-21(16)17/h1-13H. The van der Waals surface area contributed by atoms with E-state index in [4.69, 9.17) is 9.97 Å². The van der Waals surface area contributed by atoms with Crippen molar-refractivity contribution in [3.63, 3.8) is 0 Å². The highest BCUT2D eigenvalue weighted by atomic mass is 127. The largest absolute Gasteiger partial charge is 0.228 e. The van der Waals surface area contributed by atoms with E-state index in [2.05, 4.69) is 77.2 Å². The summed E-state index contributed by atoms with van der Waals surface area (Å²) in [7, 11) is 0. The number of halogens is 1. The van der Waals surface area contributed by atoms with Crippen molar-refractivity contribution in [1.82, 2.24) is 9.97 Å². The van der Waals surface area contributed by atoms with Gasteiger partial charge < -0.3 is 0 Å². The predicted molar refractivity (Wildman–Crippen MR) is 119 cm³/mol. The molecule has 0 saturated heterocycles. The number of aromatic nitrogens is 2. The lowest BCUT2D eigenvalue weighted by Gasteiger charge is -2.07. The molecular formula is C22H13IN2S. The maximum atomic E-state index is 4.89. The molecule has 0 amide bonds. The van der Waals surface area contributed by atoms with Crippen LogP contribution in [-0.2, 0) is 0 Å². The molecule has 124 valence electrons. The third-order valence-corrected chi connectivity index (χ3v) is 6.18. The minimum absolute atomic E-state index is 0.785. The highest BCUT2D eigenvalue weighted by Crippen LogP contribution is 2.39. The van der Waals surface area contributed by atoms with Gasteiger partial charge in [0.25, 0.3) is 0 Å². The van der Waals surface area contributed by atoms with Gasteiger partial charge in [-0.15, -0.1) is 11.3 Å². The molecule has 2 heterocycles. The second-order valence-electron chi connectivity index (χ2n) is 6.05. The SMILES string of the molecule is Ic1cc(-c2ccccc2)nc(-c2cccc3c2sc2ccccc23)n1. The summed E-state index contributed by atoms with van der Waals surface area (Å²) in [5.74, 6) is 0.785. The van der Waals surface area contributed by atoms with Crippen LogP contribution in [0.15, 0.2) is 78.9 Å². The molecule has 5 rings (SSSR count). The van der Waals surface area contributed by atoms with E-state index in [1.165, 1.54) is 20.2 Å². The highest BCUT2D eigenvalue weighted by Gasteiger charge is 2.13. The third kappa shape index (κ3) is 2.70. The Labute approximate surface area is 168 Å². The summed E-state index contributed by atoms with van der Waals surface area (Å²) in [5, 5.41) is 2.56. The Morgan fingerprint density at radius 2 is 1.50 bits per heavy atom. The van der Waals surface area contributed by atoms with Gasteiger partial charge in [0.15, 0.2) is 5.82 Å². The Morgan fingerprint density at radius 1 is 0.731 bits per heavy atom. The molecule has 0 atom stereocenters. The molecule has 0 radical (unpaired) electrons. The number of nitrogens with zero attached hydrogens (tertiary/aromatic N) is 2. The fourth-order valence-electron chi connectivity index (χ4n) is 3.22. The van der Waals surface area contributed by atoms with E-state index in [1.807, 2.05) is 35.6 Å². The van der Waals surface area contributed by atoms with E-state index >= 15 is 0 Å². The van der Waals surface area contributed by atoms with Crippen molar-refractivity contribution in [2.45, 2.75) is 0 Å². The molecule has 0 bridgehead atoms. The molecule has 0 N–H and O–H groups in total. The normalized spacial score (nSPS) is 11.3. The summed E-state index contributed by atoms with van der Waals surface area (Å²) in [5.41, 5.74) is 3.16. The zero-order valence-electron chi connectivity index (χ0n) is 13.7. The summed E-state index contributed by atoms with van der Waals surface area (Å²) in [6, 6.07) is 27.3. The average molecular weight is 464 g/mol. The minimum atomic E-state index is 0.785. The fraction of sp³-hybridized carbons (Fsp3) is 0. The Balaban J connectivity index is 1.77. The first kappa shape index (κ1) is 15.9. The lowest BCUT2D eigenvalue weighted by atomic mass is 10.1. The molecule has 2 nitrogen and oxygen atoms in total. The van der Waals surface area contributed by atoms with E-state index in [1.54, 1.807) is 0 Å². The van der Waals surface area contributed by atoms with Gasteiger partial charge >= 0.3 is 0 Å². The van der Waals surface area contributed by atoms with Gasteiger partial charge in [0.2, 0.25) is 0 Å². The number of thiophene rings is 1. The van der Waals surface area contributed by atoms with Crippen molar-refractivity contribution in [2.24, 2.45) is 0 Å². The molecule has 0 unspecified atom stereocenters. The van der Waals surface area contributed by atoms with Crippen LogP contribution in [0.4, 0.5) is 0 Å². The van der Waals surface area contributed by atoms with Crippen LogP contribution >= 0.6 is 33.9 Å². The quantitative estimate of drug-likeness (QED) is 0.213. The Hall–Kier alpha value is -2.31. The van der Waals surface area contributed by atoms with E-state index in [0.29, 0.717) is 0 Å². The first-order valence-corrected chi connectivity index (χ1v) is 10.2.